The van der Waals surface area contributed by atoms with Gasteiger partial charge in [0, 0.05) is 39.8 Å². The third kappa shape index (κ3) is 3.37. The Balaban J connectivity index is 1.29. The third-order valence-electron chi connectivity index (χ3n) is 15.1. The van der Waals surface area contributed by atoms with Gasteiger partial charge >= 0.3 is 0 Å². The van der Waals surface area contributed by atoms with Crippen LogP contribution in [-0.2, 0) is 21.3 Å². The summed E-state index contributed by atoms with van der Waals surface area (Å²) in [6.45, 7) is 24.7. The molecule has 47 heavy (non-hydrogen) atoms. The van der Waals surface area contributed by atoms with Crippen molar-refractivity contribution < 1.29 is 19.4 Å². The highest BCUT2D eigenvalue weighted by molar-refractivity contribution is 6.18. The van der Waals surface area contributed by atoms with E-state index in [1.165, 1.54) is 35.2 Å². The summed E-state index contributed by atoms with van der Waals surface area (Å²) in [4.78, 5) is 14.8. The molecule has 2 aromatic rings. The quantitative estimate of drug-likeness (QED) is 0.334. The van der Waals surface area contributed by atoms with Gasteiger partial charge in [0.25, 0.3) is 0 Å². The number of hydrogen-bond acceptors (Lipinski definition) is 4. The molecule has 0 radical (unpaired) electrons. The molecule has 9 rings (SSSR count). The van der Waals surface area contributed by atoms with Gasteiger partial charge in [0.2, 0.25) is 0 Å². The van der Waals surface area contributed by atoms with E-state index in [0.717, 1.165) is 65.5 Å². The van der Waals surface area contributed by atoms with Crippen molar-refractivity contribution in [1.82, 2.24) is 4.57 Å². The number of hydrogen-bond donors (Lipinski definition) is 1. The zero-order valence-electron chi connectivity index (χ0n) is 30.0. The topological polar surface area (TPSA) is 60.7 Å². The maximum atomic E-state index is 14.8. The normalized spacial score (nSPS) is 41.6. The average molecular weight is 636 g/mol. The van der Waals surface area contributed by atoms with E-state index in [-0.39, 0.29) is 34.1 Å². The molecule has 7 aliphatic rings. The van der Waals surface area contributed by atoms with Crippen LogP contribution in [0, 0.1) is 28.6 Å². The van der Waals surface area contributed by atoms with Gasteiger partial charge in [0.1, 0.15) is 12.1 Å². The maximum absolute atomic E-state index is 14.8. The van der Waals surface area contributed by atoms with Gasteiger partial charge in [0.05, 0.1) is 34.1 Å². The Bertz CT molecular complexity index is 1890. The van der Waals surface area contributed by atoms with Gasteiger partial charge in [-0.2, -0.15) is 0 Å². The predicted molar refractivity (Wildman–Crippen MR) is 186 cm³/mol. The van der Waals surface area contributed by atoms with Gasteiger partial charge in [-0.1, -0.05) is 39.8 Å². The molecule has 0 saturated heterocycles. The van der Waals surface area contributed by atoms with Crippen molar-refractivity contribution in [3.63, 3.8) is 0 Å². The first-order valence-electron chi connectivity index (χ1n) is 18.4. The number of allylic oxidation sites excluding steroid dienone is 3. The molecule has 9 atom stereocenters. The Morgan fingerprint density at radius 1 is 1.11 bits per heavy atom. The summed E-state index contributed by atoms with van der Waals surface area (Å²) in [6, 6.07) is 1.93. The van der Waals surface area contributed by atoms with E-state index in [1.54, 1.807) is 0 Å². The molecule has 4 unspecified atom stereocenters. The van der Waals surface area contributed by atoms with Crippen molar-refractivity contribution in [2.45, 2.75) is 142 Å². The number of ether oxygens (including phenoxy) is 2. The number of benzene rings is 1. The van der Waals surface area contributed by atoms with E-state index in [2.05, 4.69) is 84.8 Å². The Morgan fingerprint density at radius 2 is 1.85 bits per heavy atom. The summed E-state index contributed by atoms with van der Waals surface area (Å²) in [5, 5.41) is 13.4. The highest BCUT2D eigenvalue weighted by atomic mass is 16.5. The highest BCUT2D eigenvalue weighted by Gasteiger charge is 2.68. The molecule has 4 aliphatic carbocycles. The molecule has 5 nitrogen and oxygen atoms in total. The number of ketones is 1. The second-order valence-electron chi connectivity index (χ2n) is 18.3. The van der Waals surface area contributed by atoms with E-state index in [1.807, 2.05) is 6.92 Å². The molecular weight excluding hydrogens is 582 g/mol. The molecule has 0 amide bonds. The lowest BCUT2D eigenvalue weighted by atomic mass is 9.40. The second kappa shape index (κ2) is 8.93. The fraction of sp³-hybridized carbons (Fsp3) is 0.643. The van der Waals surface area contributed by atoms with Crippen LogP contribution in [0.1, 0.15) is 146 Å². The maximum Gasteiger partial charge on any atom is 0.192 e. The first-order valence-corrected chi connectivity index (χ1v) is 18.4. The van der Waals surface area contributed by atoms with Crippen LogP contribution >= 0.6 is 0 Å². The number of aromatic nitrogens is 1. The SMILES string of the molecule is C=C(C)[C@H]1C(=O)c2c3c(cc4c5c(n1c24)C1(C)C(CCC2[C@]4(C)CC=C(CC)O[C@H]4CC[C@@]21C)C5)C1=CC(C)(C)OC(C)(C)C1[C@@H]3O. The Morgan fingerprint density at radius 3 is 2.55 bits per heavy atom. The lowest BCUT2D eigenvalue weighted by Crippen LogP contribution is -2.63. The van der Waals surface area contributed by atoms with E-state index in [0.29, 0.717) is 11.8 Å². The summed E-state index contributed by atoms with van der Waals surface area (Å²) in [5.41, 5.74) is 7.54. The monoisotopic (exact) mass is 635 g/mol. The smallest absolute Gasteiger partial charge is 0.192 e. The number of Topliss-reactive ketones (excluding diaryl/α,β-unsaturated/α-hetero) is 1. The Kier molecular flexibility index (Phi) is 5.78. The number of fused-ring (bicyclic) bond motifs is 13. The zero-order valence-corrected chi connectivity index (χ0v) is 30.0. The zero-order chi connectivity index (χ0) is 33.4. The molecule has 0 bridgehead atoms. The fourth-order valence-electron chi connectivity index (χ4n) is 13.2. The van der Waals surface area contributed by atoms with Crippen LogP contribution in [0.3, 0.4) is 0 Å². The van der Waals surface area contributed by atoms with Crippen LogP contribution in [0.15, 0.2) is 36.1 Å². The molecule has 2 fully saturated rings. The van der Waals surface area contributed by atoms with Crippen molar-refractivity contribution in [3.8, 4) is 0 Å². The van der Waals surface area contributed by atoms with Gasteiger partial charge < -0.3 is 19.1 Å². The van der Waals surface area contributed by atoms with Crippen molar-refractivity contribution in [2.75, 3.05) is 0 Å². The Labute approximate surface area is 280 Å². The lowest BCUT2D eigenvalue weighted by molar-refractivity contribution is -0.176. The molecule has 4 heterocycles. The summed E-state index contributed by atoms with van der Waals surface area (Å²) in [6.07, 6.45) is 11.8. The fourth-order valence-corrected chi connectivity index (χ4v) is 13.2. The van der Waals surface area contributed by atoms with Gasteiger partial charge in [-0.3, -0.25) is 4.79 Å². The number of nitrogens with zero attached hydrogens (tertiary/aromatic N) is 1. The number of carbonyl (C=O) groups is 1. The number of aliphatic hydroxyl groups is 1. The Hall–Kier alpha value is -2.63. The largest absolute Gasteiger partial charge is 0.495 e. The van der Waals surface area contributed by atoms with Crippen LogP contribution < -0.4 is 0 Å². The van der Waals surface area contributed by atoms with E-state index < -0.39 is 23.3 Å². The molecule has 250 valence electrons. The van der Waals surface area contributed by atoms with Crippen LogP contribution in [0.25, 0.3) is 16.5 Å². The molecule has 1 N–H and O–H groups in total. The summed E-state index contributed by atoms with van der Waals surface area (Å²) in [7, 11) is 0. The first-order chi connectivity index (χ1) is 22.0. The molecular formula is C42H53NO4. The molecule has 0 spiro atoms. The van der Waals surface area contributed by atoms with Gasteiger partial charge in [0.15, 0.2) is 5.78 Å². The molecule has 1 aromatic carbocycles. The van der Waals surface area contributed by atoms with E-state index in [4.69, 9.17) is 9.47 Å². The summed E-state index contributed by atoms with van der Waals surface area (Å²) in [5.74, 6) is 2.12. The van der Waals surface area contributed by atoms with E-state index in [9.17, 15) is 9.90 Å². The number of rotatable bonds is 2. The van der Waals surface area contributed by atoms with Crippen LogP contribution in [0.2, 0.25) is 0 Å². The molecule has 2 saturated carbocycles. The minimum absolute atomic E-state index is 0.0667. The van der Waals surface area contributed by atoms with Crippen LogP contribution in [0.5, 0.6) is 0 Å². The van der Waals surface area contributed by atoms with Crippen LogP contribution in [-0.4, -0.2) is 32.8 Å². The summed E-state index contributed by atoms with van der Waals surface area (Å²) < 4.78 is 15.7. The van der Waals surface area contributed by atoms with Crippen molar-refractivity contribution in [1.29, 1.82) is 0 Å². The van der Waals surface area contributed by atoms with Crippen molar-refractivity contribution >= 4 is 22.3 Å². The predicted octanol–water partition coefficient (Wildman–Crippen LogP) is 9.32. The van der Waals surface area contributed by atoms with Gasteiger partial charge in [-0.15, -0.1) is 0 Å². The highest BCUT2D eigenvalue weighted by Crippen LogP contribution is 2.72. The van der Waals surface area contributed by atoms with Gasteiger partial charge in [-0.05, 0) is 125 Å². The standard InChI is InChI=1S/C42H53NO4/c1-11-23-14-16-40(8)28-13-12-22-18-26-25-19-24-27-20-38(4,5)47-39(6,7)32(27)35(44)30(24)31-34(25)43(33(21(2)3)36(31)45)37(26)42(22,10)41(28,9)17-15-29(40)46-23/h14,19-20,22,28-29,32-33,35,44H,2,11-13,15-18H2,1,3-10H3/t22?,28?,29-,32?,33-,35+,40-,41-,42?/m0/s1. The molecule has 1 aromatic heterocycles. The summed E-state index contributed by atoms with van der Waals surface area (Å²) >= 11 is 0. The molecule has 3 aliphatic heterocycles. The minimum Gasteiger partial charge on any atom is -0.495 e. The van der Waals surface area contributed by atoms with Crippen LogP contribution in [0.4, 0.5) is 0 Å². The number of carbonyl (C=O) groups excluding carboxylic acids is 1. The third-order valence-corrected chi connectivity index (χ3v) is 15.1. The minimum atomic E-state index is -0.796. The van der Waals surface area contributed by atoms with E-state index >= 15 is 0 Å². The molecule has 5 heteroatoms. The lowest BCUT2D eigenvalue weighted by Gasteiger charge is -2.66. The number of aliphatic hydroxyl groups excluding tert-OH is 1. The van der Waals surface area contributed by atoms with Crippen molar-refractivity contribution in [3.05, 3.63) is 64.1 Å². The first kappa shape index (κ1) is 30.4. The average Bonchev–Trinajstić information content (AvgIpc) is 3.65. The van der Waals surface area contributed by atoms with Gasteiger partial charge in [-0.25, -0.2) is 0 Å². The van der Waals surface area contributed by atoms with Crippen molar-refractivity contribution in [2.24, 2.45) is 28.6 Å². The second-order valence-corrected chi connectivity index (χ2v) is 18.3.